The summed E-state index contributed by atoms with van der Waals surface area (Å²) in [5.41, 5.74) is 1.00. The fraction of sp³-hybridized carbons (Fsp3) is 0.300. The molecule has 1 atom stereocenters. The second-order valence-electron chi connectivity index (χ2n) is 3.03. The van der Waals surface area contributed by atoms with Crippen molar-refractivity contribution in [1.82, 2.24) is 0 Å². The summed E-state index contributed by atoms with van der Waals surface area (Å²) in [5, 5.41) is 9.05. The summed E-state index contributed by atoms with van der Waals surface area (Å²) < 4.78 is 5.13. The molecule has 3 nitrogen and oxygen atoms in total. The van der Waals surface area contributed by atoms with Crippen LogP contribution in [0, 0.1) is 6.92 Å². The van der Waals surface area contributed by atoms with Gasteiger partial charge in [0.1, 0.15) is 5.75 Å². The second kappa shape index (κ2) is 4.33. The largest absolute Gasteiger partial charge is 0.479 e. The fourth-order valence-corrected chi connectivity index (χ4v) is 1.22. The first kappa shape index (κ1) is 10.9. The Kier molecular flexibility index (Phi) is 3.36. The Morgan fingerprint density at radius 2 is 2.21 bits per heavy atom. The number of ether oxygens (including phenoxy) is 1. The summed E-state index contributed by atoms with van der Waals surface area (Å²) >= 11 is 5.86. The van der Waals surface area contributed by atoms with Crippen molar-refractivity contribution >= 4 is 17.6 Å². The molecule has 1 aromatic carbocycles. The van der Waals surface area contributed by atoms with Crippen molar-refractivity contribution in [3.05, 3.63) is 28.8 Å². The molecule has 0 fully saturated rings. The molecule has 0 saturated carbocycles. The Morgan fingerprint density at radius 1 is 1.57 bits per heavy atom. The molecule has 1 N–H and O–H groups in total. The maximum absolute atomic E-state index is 10.5. The molecule has 0 heterocycles. The molecule has 0 spiro atoms. The first-order chi connectivity index (χ1) is 6.50. The van der Waals surface area contributed by atoms with Crippen LogP contribution in [0.15, 0.2) is 18.2 Å². The van der Waals surface area contributed by atoms with Crippen LogP contribution in [0.2, 0.25) is 5.02 Å². The van der Waals surface area contributed by atoms with Gasteiger partial charge in [0.2, 0.25) is 0 Å². The zero-order valence-corrected chi connectivity index (χ0v) is 8.71. The highest BCUT2D eigenvalue weighted by Gasteiger charge is 2.13. The van der Waals surface area contributed by atoms with Crippen molar-refractivity contribution in [3.8, 4) is 5.75 Å². The average molecular weight is 215 g/mol. The maximum Gasteiger partial charge on any atom is 0.344 e. The van der Waals surface area contributed by atoms with Crippen LogP contribution in [-0.4, -0.2) is 17.2 Å². The van der Waals surface area contributed by atoms with E-state index in [4.69, 9.17) is 21.4 Å². The number of rotatable bonds is 3. The quantitative estimate of drug-likeness (QED) is 0.841. The number of carboxylic acid groups (broad SMARTS) is 1. The topological polar surface area (TPSA) is 46.5 Å². The highest BCUT2D eigenvalue weighted by molar-refractivity contribution is 6.32. The molecule has 0 bridgehead atoms. The van der Waals surface area contributed by atoms with Crippen molar-refractivity contribution in [3.63, 3.8) is 0 Å². The van der Waals surface area contributed by atoms with Crippen molar-refractivity contribution in [2.24, 2.45) is 0 Å². The maximum atomic E-state index is 10.5. The number of carboxylic acids is 1. The number of hydrogen-bond donors (Lipinski definition) is 1. The Balaban J connectivity index is 2.82. The number of carbonyl (C=O) groups is 1. The van der Waals surface area contributed by atoms with Gasteiger partial charge in [0, 0.05) is 0 Å². The smallest absolute Gasteiger partial charge is 0.344 e. The van der Waals surface area contributed by atoms with Gasteiger partial charge in [-0.1, -0.05) is 17.7 Å². The zero-order valence-electron chi connectivity index (χ0n) is 7.95. The summed E-state index contributed by atoms with van der Waals surface area (Å²) in [6, 6.07) is 5.21. The van der Waals surface area contributed by atoms with E-state index in [1.54, 1.807) is 12.1 Å². The van der Waals surface area contributed by atoms with Gasteiger partial charge in [-0.3, -0.25) is 0 Å². The summed E-state index contributed by atoms with van der Waals surface area (Å²) in [6.07, 6.45) is -0.893. The van der Waals surface area contributed by atoms with E-state index in [1.807, 2.05) is 13.0 Å². The molecule has 0 aliphatic heterocycles. The summed E-state index contributed by atoms with van der Waals surface area (Å²) in [7, 11) is 0. The van der Waals surface area contributed by atoms with E-state index in [9.17, 15) is 4.79 Å². The van der Waals surface area contributed by atoms with Gasteiger partial charge in [0.25, 0.3) is 0 Å². The molecular formula is C10H11ClO3. The van der Waals surface area contributed by atoms with Crippen molar-refractivity contribution in [2.75, 3.05) is 0 Å². The molecule has 0 saturated heterocycles. The monoisotopic (exact) mass is 214 g/mol. The van der Waals surface area contributed by atoms with Gasteiger partial charge >= 0.3 is 5.97 Å². The Labute approximate surface area is 87.3 Å². The lowest BCUT2D eigenvalue weighted by atomic mass is 10.2. The van der Waals surface area contributed by atoms with Gasteiger partial charge in [-0.2, -0.15) is 0 Å². The predicted molar refractivity (Wildman–Crippen MR) is 53.9 cm³/mol. The Morgan fingerprint density at radius 3 is 2.71 bits per heavy atom. The average Bonchev–Trinajstić information content (AvgIpc) is 2.09. The van der Waals surface area contributed by atoms with Crippen molar-refractivity contribution < 1.29 is 14.6 Å². The predicted octanol–water partition coefficient (Wildman–Crippen LogP) is 2.50. The molecule has 76 valence electrons. The lowest BCUT2D eigenvalue weighted by Crippen LogP contribution is -2.22. The van der Waals surface area contributed by atoms with Gasteiger partial charge in [-0.15, -0.1) is 0 Å². The third kappa shape index (κ3) is 2.64. The molecule has 0 unspecified atom stereocenters. The summed E-state index contributed by atoms with van der Waals surface area (Å²) in [4.78, 5) is 10.5. The van der Waals surface area contributed by atoms with Crippen LogP contribution in [0.5, 0.6) is 5.75 Å². The van der Waals surface area contributed by atoms with Crippen LogP contribution in [0.25, 0.3) is 0 Å². The van der Waals surface area contributed by atoms with E-state index in [2.05, 4.69) is 0 Å². The van der Waals surface area contributed by atoms with E-state index in [0.717, 1.165) is 5.56 Å². The summed E-state index contributed by atoms with van der Waals surface area (Å²) in [5.74, 6) is -0.617. The number of benzene rings is 1. The standard InChI is InChI=1S/C10H11ClO3/c1-6-3-4-9(8(11)5-6)14-7(2)10(12)13/h3-5,7H,1-2H3,(H,12,13)/t7-/m1/s1. The van der Waals surface area contributed by atoms with Gasteiger partial charge in [0.15, 0.2) is 6.10 Å². The number of halogens is 1. The lowest BCUT2D eigenvalue weighted by molar-refractivity contribution is -0.144. The molecular weight excluding hydrogens is 204 g/mol. The molecule has 0 aliphatic rings. The van der Waals surface area contributed by atoms with Crippen LogP contribution in [0.4, 0.5) is 0 Å². The molecule has 4 heteroatoms. The van der Waals surface area contributed by atoms with Gasteiger partial charge in [0.05, 0.1) is 5.02 Å². The molecule has 0 amide bonds. The van der Waals surface area contributed by atoms with E-state index in [-0.39, 0.29) is 0 Å². The zero-order chi connectivity index (χ0) is 10.7. The molecule has 1 rings (SSSR count). The van der Waals surface area contributed by atoms with E-state index in [1.165, 1.54) is 6.92 Å². The van der Waals surface area contributed by atoms with Crippen LogP contribution < -0.4 is 4.74 Å². The fourth-order valence-electron chi connectivity index (χ4n) is 0.942. The van der Waals surface area contributed by atoms with E-state index < -0.39 is 12.1 Å². The molecule has 0 aliphatic carbocycles. The lowest BCUT2D eigenvalue weighted by Gasteiger charge is -2.11. The minimum Gasteiger partial charge on any atom is -0.479 e. The van der Waals surface area contributed by atoms with Crippen LogP contribution in [0.3, 0.4) is 0 Å². The molecule has 1 aromatic rings. The van der Waals surface area contributed by atoms with Crippen LogP contribution in [0.1, 0.15) is 12.5 Å². The first-order valence-corrected chi connectivity index (χ1v) is 4.54. The van der Waals surface area contributed by atoms with E-state index >= 15 is 0 Å². The first-order valence-electron chi connectivity index (χ1n) is 4.16. The van der Waals surface area contributed by atoms with E-state index in [0.29, 0.717) is 10.8 Å². The molecule has 0 radical (unpaired) electrons. The summed E-state index contributed by atoms with van der Waals surface area (Å²) in [6.45, 7) is 3.36. The van der Waals surface area contributed by atoms with Crippen LogP contribution >= 0.6 is 11.6 Å². The van der Waals surface area contributed by atoms with Crippen molar-refractivity contribution in [1.29, 1.82) is 0 Å². The Hall–Kier alpha value is -1.22. The van der Waals surface area contributed by atoms with Gasteiger partial charge < -0.3 is 9.84 Å². The Bertz CT molecular complexity index is 349. The van der Waals surface area contributed by atoms with Gasteiger partial charge in [-0.25, -0.2) is 4.79 Å². The van der Waals surface area contributed by atoms with Crippen LogP contribution in [-0.2, 0) is 4.79 Å². The third-order valence-electron chi connectivity index (χ3n) is 1.74. The minimum absolute atomic E-state index is 0.396. The third-order valence-corrected chi connectivity index (χ3v) is 2.03. The van der Waals surface area contributed by atoms with Gasteiger partial charge in [-0.05, 0) is 31.5 Å². The van der Waals surface area contributed by atoms with Crippen molar-refractivity contribution in [2.45, 2.75) is 20.0 Å². The second-order valence-corrected chi connectivity index (χ2v) is 3.44. The highest BCUT2D eigenvalue weighted by atomic mass is 35.5. The minimum atomic E-state index is -1.01. The normalized spacial score (nSPS) is 12.2. The number of aryl methyl sites for hydroxylation is 1. The molecule has 0 aromatic heterocycles. The number of aliphatic carboxylic acids is 1. The number of hydrogen-bond acceptors (Lipinski definition) is 2. The molecule has 14 heavy (non-hydrogen) atoms. The SMILES string of the molecule is Cc1ccc(O[C@H](C)C(=O)O)c(Cl)c1. The highest BCUT2D eigenvalue weighted by Crippen LogP contribution is 2.25.